The number of nitrogens with zero attached hydrogens (tertiary/aromatic N) is 1. The van der Waals surface area contributed by atoms with Gasteiger partial charge in [0, 0.05) is 16.8 Å². The van der Waals surface area contributed by atoms with Gasteiger partial charge in [-0.25, -0.2) is 12.4 Å². The van der Waals surface area contributed by atoms with Crippen LogP contribution in [0.1, 0.15) is 21.6 Å². The number of carbonyl (C=O) groups is 1. The van der Waals surface area contributed by atoms with Gasteiger partial charge in [-0.3, -0.25) is 4.79 Å². The molecule has 1 heterocycles. The van der Waals surface area contributed by atoms with E-state index in [9.17, 15) is 13.2 Å². The Bertz CT molecular complexity index is 1360. The minimum absolute atomic E-state index is 0.322. The number of halogens is 1. The Morgan fingerprint density at radius 3 is 2.35 bits per heavy atom. The molecule has 0 fully saturated rings. The molecule has 0 aliphatic carbocycles. The molecule has 1 N–H and O–H groups in total. The lowest BCUT2D eigenvalue weighted by molar-refractivity contribution is 0.102. The van der Waals surface area contributed by atoms with E-state index in [0.717, 1.165) is 17.4 Å². The molecule has 0 aliphatic heterocycles. The molecule has 0 unspecified atom stereocenters. The van der Waals surface area contributed by atoms with Crippen molar-refractivity contribution in [1.82, 2.24) is 3.97 Å². The van der Waals surface area contributed by atoms with E-state index in [2.05, 4.69) is 5.32 Å². The second-order valence-electron chi connectivity index (χ2n) is 7.36. The number of anilines is 1. The van der Waals surface area contributed by atoms with Crippen LogP contribution in [0.5, 0.6) is 0 Å². The van der Waals surface area contributed by atoms with Crippen molar-refractivity contribution in [2.75, 3.05) is 11.6 Å². The van der Waals surface area contributed by atoms with Gasteiger partial charge in [-0.2, -0.15) is 0 Å². The lowest BCUT2D eigenvalue weighted by Gasteiger charge is -2.09. The molecule has 0 radical (unpaired) electrons. The Hall–Kier alpha value is -3.09. The van der Waals surface area contributed by atoms with Crippen LogP contribution in [-0.2, 0) is 22.9 Å². The molecule has 4 aromatic rings. The molecule has 7 heteroatoms. The zero-order chi connectivity index (χ0) is 22.0. The summed E-state index contributed by atoms with van der Waals surface area (Å²) in [6.07, 6.45) is 2.50. The van der Waals surface area contributed by atoms with Gasteiger partial charge in [0.1, 0.15) is 0 Å². The standard InChI is InChI=1S/C24H21ClN2O3S/c1-31(29,30)27-20(13-11-17-7-3-2-4-8-17)16-18-15-19(12-14-23(18)27)26-24(28)21-9-5-6-10-22(21)25/h2-10,12,14-16H,11,13H2,1H3,(H,26,28). The number of fused-ring (bicyclic) bond motifs is 1. The second-order valence-corrected chi connectivity index (χ2v) is 9.59. The number of aromatic nitrogens is 1. The average molecular weight is 453 g/mol. The van der Waals surface area contributed by atoms with Crippen LogP contribution in [0.4, 0.5) is 5.69 Å². The Kier molecular flexibility index (Phi) is 5.85. The molecule has 5 nitrogen and oxygen atoms in total. The third kappa shape index (κ3) is 4.65. The average Bonchev–Trinajstić information content (AvgIpc) is 3.11. The zero-order valence-corrected chi connectivity index (χ0v) is 18.5. The summed E-state index contributed by atoms with van der Waals surface area (Å²) >= 11 is 6.11. The van der Waals surface area contributed by atoms with Gasteiger partial charge in [0.15, 0.2) is 0 Å². The molecule has 1 aromatic heterocycles. The molecular weight excluding hydrogens is 432 g/mol. The van der Waals surface area contributed by atoms with Crippen LogP contribution in [0.15, 0.2) is 78.9 Å². The Balaban J connectivity index is 1.66. The lowest BCUT2D eigenvalue weighted by Crippen LogP contribution is -2.14. The van der Waals surface area contributed by atoms with Gasteiger partial charge < -0.3 is 5.32 Å². The molecule has 0 aliphatic rings. The Morgan fingerprint density at radius 1 is 0.935 bits per heavy atom. The van der Waals surface area contributed by atoms with Crippen LogP contribution < -0.4 is 5.32 Å². The molecule has 31 heavy (non-hydrogen) atoms. The van der Waals surface area contributed by atoms with Gasteiger partial charge >= 0.3 is 0 Å². The summed E-state index contributed by atoms with van der Waals surface area (Å²) in [5, 5.41) is 3.94. The van der Waals surface area contributed by atoms with E-state index in [0.29, 0.717) is 33.9 Å². The van der Waals surface area contributed by atoms with Crippen LogP contribution in [-0.4, -0.2) is 24.6 Å². The van der Waals surface area contributed by atoms with E-state index in [1.807, 2.05) is 36.4 Å². The summed E-state index contributed by atoms with van der Waals surface area (Å²) in [5.41, 5.74) is 3.37. The summed E-state index contributed by atoms with van der Waals surface area (Å²) in [6.45, 7) is 0. The van der Waals surface area contributed by atoms with E-state index in [1.165, 1.54) is 10.2 Å². The normalized spacial score (nSPS) is 11.5. The van der Waals surface area contributed by atoms with E-state index in [1.54, 1.807) is 42.5 Å². The maximum Gasteiger partial charge on any atom is 0.257 e. The summed E-state index contributed by atoms with van der Waals surface area (Å²) < 4.78 is 26.4. The van der Waals surface area contributed by atoms with Crippen molar-refractivity contribution in [3.8, 4) is 0 Å². The number of aryl methyl sites for hydroxylation is 2. The molecular formula is C24H21ClN2O3S. The molecule has 0 atom stereocenters. The zero-order valence-electron chi connectivity index (χ0n) is 16.9. The molecule has 4 rings (SSSR count). The van der Waals surface area contributed by atoms with E-state index in [4.69, 9.17) is 11.6 Å². The molecule has 3 aromatic carbocycles. The number of hydrogen-bond acceptors (Lipinski definition) is 3. The maximum absolute atomic E-state index is 12.6. The fourth-order valence-corrected chi connectivity index (χ4v) is 4.97. The van der Waals surface area contributed by atoms with Crippen LogP contribution in [0.2, 0.25) is 5.02 Å². The second kappa shape index (κ2) is 8.57. The molecule has 0 saturated carbocycles. The Labute approximate surface area is 186 Å². The highest BCUT2D eigenvalue weighted by Gasteiger charge is 2.17. The van der Waals surface area contributed by atoms with Crippen molar-refractivity contribution in [3.63, 3.8) is 0 Å². The van der Waals surface area contributed by atoms with Gasteiger partial charge in [-0.05, 0) is 54.8 Å². The van der Waals surface area contributed by atoms with E-state index < -0.39 is 10.0 Å². The number of nitrogens with one attached hydrogen (secondary N) is 1. The van der Waals surface area contributed by atoms with Crippen LogP contribution in [0, 0.1) is 0 Å². The van der Waals surface area contributed by atoms with Gasteiger partial charge in [0.25, 0.3) is 5.91 Å². The Morgan fingerprint density at radius 2 is 1.65 bits per heavy atom. The van der Waals surface area contributed by atoms with Crippen molar-refractivity contribution in [1.29, 1.82) is 0 Å². The SMILES string of the molecule is CS(=O)(=O)n1c(CCc2ccccc2)cc2cc(NC(=O)c3ccccc3Cl)ccc21. The van der Waals surface area contributed by atoms with Gasteiger partial charge in [0.05, 0.1) is 22.4 Å². The predicted molar refractivity (Wildman–Crippen MR) is 125 cm³/mol. The topological polar surface area (TPSA) is 68.2 Å². The van der Waals surface area contributed by atoms with Gasteiger partial charge in [-0.15, -0.1) is 0 Å². The maximum atomic E-state index is 12.6. The monoisotopic (exact) mass is 452 g/mol. The third-order valence-corrected chi connectivity index (χ3v) is 6.47. The first-order chi connectivity index (χ1) is 14.8. The molecule has 0 spiro atoms. The summed E-state index contributed by atoms with van der Waals surface area (Å²) in [6, 6.07) is 23.8. The number of hydrogen-bond donors (Lipinski definition) is 1. The first-order valence-electron chi connectivity index (χ1n) is 9.78. The smallest absolute Gasteiger partial charge is 0.257 e. The highest BCUT2D eigenvalue weighted by atomic mass is 35.5. The lowest BCUT2D eigenvalue weighted by atomic mass is 10.1. The molecule has 0 bridgehead atoms. The van der Waals surface area contributed by atoms with Crippen LogP contribution >= 0.6 is 11.6 Å². The first kappa shape index (κ1) is 21.2. The minimum atomic E-state index is -3.49. The van der Waals surface area contributed by atoms with E-state index in [-0.39, 0.29) is 5.91 Å². The van der Waals surface area contributed by atoms with Gasteiger partial charge in [0.2, 0.25) is 10.0 Å². The van der Waals surface area contributed by atoms with Crippen molar-refractivity contribution in [2.45, 2.75) is 12.8 Å². The summed E-state index contributed by atoms with van der Waals surface area (Å²) in [4.78, 5) is 12.6. The van der Waals surface area contributed by atoms with E-state index >= 15 is 0 Å². The van der Waals surface area contributed by atoms with Crippen LogP contribution in [0.3, 0.4) is 0 Å². The number of amides is 1. The summed E-state index contributed by atoms with van der Waals surface area (Å²) in [5.74, 6) is -0.322. The van der Waals surface area contributed by atoms with Gasteiger partial charge in [-0.1, -0.05) is 54.1 Å². The minimum Gasteiger partial charge on any atom is -0.322 e. The number of carbonyl (C=O) groups excluding carboxylic acids is 1. The largest absolute Gasteiger partial charge is 0.322 e. The van der Waals surface area contributed by atoms with Crippen molar-refractivity contribution < 1.29 is 13.2 Å². The predicted octanol–water partition coefficient (Wildman–Crippen LogP) is 5.14. The van der Waals surface area contributed by atoms with Crippen LogP contribution in [0.25, 0.3) is 10.9 Å². The quantitative estimate of drug-likeness (QED) is 0.440. The highest BCUT2D eigenvalue weighted by molar-refractivity contribution is 7.89. The summed E-state index contributed by atoms with van der Waals surface area (Å²) in [7, 11) is -3.49. The fourth-order valence-electron chi connectivity index (χ4n) is 3.65. The highest BCUT2D eigenvalue weighted by Crippen LogP contribution is 2.27. The third-order valence-electron chi connectivity index (χ3n) is 5.05. The first-order valence-corrected chi connectivity index (χ1v) is 12.0. The molecule has 158 valence electrons. The molecule has 0 saturated heterocycles. The molecule has 1 amide bonds. The van der Waals surface area contributed by atoms with Crippen molar-refractivity contribution in [3.05, 3.63) is 101 Å². The number of rotatable bonds is 6. The van der Waals surface area contributed by atoms with Crippen molar-refractivity contribution >= 4 is 44.1 Å². The number of benzene rings is 3. The fraction of sp³-hybridized carbons (Fsp3) is 0.125. The van der Waals surface area contributed by atoms with Crippen molar-refractivity contribution in [2.24, 2.45) is 0 Å².